The van der Waals surface area contributed by atoms with Crippen LogP contribution >= 0.6 is 0 Å². The molecular weight excluding hydrogens is 215 g/mol. The first kappa shape index (κ1) is 13.7. The molecule has 1 aliphatic rings. The van der Waals surface area contributed by atoms with Crippen LogP contribution in [0.5, 0.6) is 0 Å². The lowest BCUT2D eigenvalue weighted by Crippen LogP contribution is -2.37. The van der Waals surface area contributed by atoms with Gasteiger partial charge in [0.05, 0.1) is 6.61 Å². The molecule has 1 unspecified atom stereocenters. The average molecular weight is 225 g/mol. The fourth-order valence-corrected chi connectivity index (χ4v) is 0.672. The zero-order valence-electron chi connectivity index (χ0n) is 7.67. The van der Waals surface area contributed by atoms with Crippen molar-refractivity contribution in [3.05, 3.63) is 0 Å². The van der Waals surface area contributed by atoms with Crippen molar-refractivity contribution in [3.63, 3.8) is 0 Å². The molecule has 1 heterocycles. The minimum atomic E-state index is -5.08. The highest BCUT2D eigenvalue weighted by Crippen LogP contribution is 2.13. The number of hydrogen-bond donors (Lipinski definition) is 2. The lowest BCUT2D eigenvalue weighted by Gasteiger charge is -2.18. The maximum Gasteiger partial charge on any atom is 0.490 e. The van der Waals surface area contributed by atoms with Crippen LogP contribution in [0.4, 0.5) is 13.2 Å². The Labute approximate surface area is 84.4 Å². The van der Waals surface area contributed by atoms with E-state index in [2.05, 4.69) is 11.2 Å². The number of nitrogens with one attached hydrogen (secondary N) is 1. The van der Waals surface area contributed by atoms with Gasteiger partial charge in [0.25, 0.3) is 0 Å². The molecule has 1 rings (SSSR count). The third kappa shape index (κ3) is 6.76. The van der Waals surface area contributed by atoms with Crippen molar-refractivity contribution in [2.45, 2.75) is 12.3 Å². The second-order valence-corrected chi connectivity index (χ2v) is 2.53. The molecule has 1 atom stereocenters. The highest BCUT2D eigenvalue weighted by Gasteiger charge is 2.38. The molecule has 86 valence electrons. The summed E-state index contributed by atoms with van der Waals surface area (Å²) >= 11 is 0. The first-order valence-electron chi connectivity index (χ1n) is 3.96. The van der Waals surface area contributed by atoms with Crippen molar-refractivity contribution >= 4 is 5.97 Å². The van der Waals surface area contributed by atoms with Crippen LogP contribution in [0.2, 0.25) is 0 Å². The van der Waals surface area contributed by atoms with Gasteiger partial charge in [-0.1, -0.05) is 5.92 Å². The van der Waals surface area contributed by atoms with Gasteiger partial charge in [0.1, 0.15) is 6.10 Å². The Hall–Kier alpha value is -1.26. The van der Waals surface area contributed by atoms with E-state index in [0.29, 0.717) is 0 Å². The number of terminal acetylenes is 1. The maximum atomic E-state index is 10.6. The second kappa shape index (κ2) is 6.27. The number of hydrogen-bond acceptors (Lipinski definition) is 3. The number of alkyl halides is 3. The SMILES string of the molecule is C#CC1CNCCO1.O=C(O)C(F)(F)F. The summed E-state index contributed by atoms with van der Waals surface area (Å²) in [4.78, 5) is 8.90. The summed E-state index contributed by atoms with van der Waals surface area (Å²) < 4.78 is 36.9. The van der Waals surface area contributed by atoms with E-state index in [1.165, 1.54) is 0 Å². The summed E-state index contributed by atoms with van der Waals surface area (Å²) in [7, 11) is 0. The molecule has 0 radical (unpaired) electrons. The van der Waals surface area contributed by atoms with E-state index in [9.17, 15) is 13.2 Å². The fraction of sp³-hybridized carbons (Fsp3) is 0.625. The van der Waals surface area contributed by atoms with E-state index in [1.807, 2.05) is 0 Å². The molecule has 0 bridgehead atoms. The van der Waals surface area contributed by atoms with Gasteiger partial charge in [0, 0.05) is 13.1 Å². The molecule has 0 aromatic heterocycles. The Bertz CT molecular complexity index is 240. The Morgan fingerprint density at radius 2 is 2.13 bits per heavy atom. The van der Waals surface area contributed by atoms with E-state index < -0.39 is 12.1 Å². The van der Waals surface area contributed by atoms with Crippen LogP contribution in [0.15, 0.2) is 0 Å². The molecular formula is C8H10F3NO3. The fourth-order valence-electron chi connectivity index (χ4n) is 0.672. The molecule has 1 aliphatic heterocycles. The number of rotatable bonds is 0. The lowest BCUT2D eigenvalue weighted by atomic mass is 10.3. The van der Waals surface area contributed by atoms with Gasteiger partial charge in [0.15, 0.2) is 0 Å². The number of carbonyl (C=O) groups is 1. The number of aliphatic carboxylic acids is 1. The minimum absolute atomic E-state index is 0.00347. The van der Waals surface area contributed by atoms with Crippen molar-refractivity contribution in [1.82, 2.24) is 5.32 Å². The molecule has 2 N–H and O–H groups in total. The van der Waals surface area contributed by atoms with Crippen molar-refractivity contribution in [2.24, 2.45) is 0 Å². The van der Waals surface area contributed by atoms with E-state index in [0.717, 1.165) is 19.7 Å². The summed E-state index contributed by atoms with van der Waals surface area (Å²) in [6.45, 7) is 2.48. The summed E-state index contributed by atoms with van der Waals surface area (Å²) in [5, 5.41) is 10.2. The van der Waals surface area contributed by atoms with Gasteiger partial charge >= 0.3 is 12.1 Å². The van der Waals surface area contributed by atoms with E-state index >= 15 is 0 Å². The third-order valence-electron chi connectivity index (χ3n) is 1.36. The first-order chi connectivity index (χ1) is 6.88. The monoisotopic (exact) mass is 225 g/mol. The average Bonchev–Trinajstić information content (AvgIpc) is 2.18. The Balaban J connectivity index is 0.000000265. The van der Waals surface area contributed by atoms with Crippen molar-refractivity contribution in [1.29, 1.82) is 0 Å². The minimum Gasteiger partial charge on any atom is -0.475 e. The van der Waals surface area contributed by atoms with Crippen LogP contribution in [0, 0.1) is 12.3 Å². The van der Waals surface area contributed by atoms with Crippen LogP contribution in [0.1, 0.15) is 0 Å². The van der Waals surface area contributed by atoms with Crippen LogP contribution in [0.3, 0.4) is 0 Å². The predicted molar refractivity (Wildman–Crippen MR) is 45.1 cm³/mol. The van der Waals surface area contributed by atoms with E-state index in [1.54, 1.807) is 0 Å². The maximum absolute atomic E-state index is 10.6. The highest BCUT2D eigenvalue weighted by atomic mass is 19.4. The van der Waals surface area contributed by atoms with Gasteiger partial charge in [-0.25, -0.2) is 4.79 Å². The molecule has 0 saturated carbocycles. The smallest absolute Gasteiger partial charge is 0.475 e. The highest BCUT2D eigenvalue weighted by molar-refractivity contribution is 5.73. The lowest BCUT2D eigenvalue weighted by molar-refractivity contribution is -0.192. The largest absolute Gasteiger partial charge is 0.490 e. The quantitative estimate of drug-likeness (QED) is 0.580. The van der Waals surface area contributed by atoms with Crippen molar-refractivity contribution in [2.75, 3.05) is 19.7 Å². The molecule has 0 spiro atoms. The summed E-state index contributed by atoms with van der Waals surface area (Å²) in [5.74, 6) is -0.238. The number of ether oxygens (including phenoxy) is 1. The number of morpholine rings is 1. The van der Waals surface area contributed by atoms with Crippen LogP contribution in [-0.4, -0.2) is 43.1 Å². The molecule has 0 aromatic rings. The summed E-state index contributed by atoms with van der Waals surface area (Å²) in [6, 6.07) is 0. The van der Waals surface area contributed by atoms with Gasteiger partial charge in [0.2, 0.25) is 0 Å². The van der Waals surface area contributed by atoms with Gasteiger partial charge in [-0.15, -0.1) is 6.42 Å². The molecule has 7 heteroatoms. The van der Waals surface area contributed by atoms with Gasteiger partial charge < -0.3 is 15.2 Å². The molecule has 4 nitrogen and oxygen atoms in total. The number of carboxylic acid groups (broad SMARTS) is 1. The number of carboxylic acids is 1. The van der Waals surface area contributed by atoms with Gasteiger partial charge in [-0.3, -0.25) is 0 Å². The molecule has 0 aliphatic carbocycles. The second-order valence-electron chi connectivity index (χ2n) is 2.53. The van der Waals surface area contributed by atoms with Crippen LogP contribution < -0.4 is 5.32 Å². The van der Waals surface area contributed by atoms with E-state index in [4.69, 9.17) is 21.1 Å². The summed E-state index contributed by atoms with van der Waals surface area (Å²) in [6.07, 6.45) is 0.00838. The first-order valence-corrected chi connectivity index (χ1v) is 3.96. The van der Waals surface area contributed by atoms with Crippen molar-refractivity contribution < 1.29 is 27.8 Å². The Morgan fingerprint density at radius 3 is 2.33 bits per heavy atom. The normalized spacial score (nSPS) is 20.8. The van der Waals surface area contributed by atoms with Crippen LogP contribution in [0.25, 0.3) is 0 Å². The van der Waals surface area contributed by atoms with E-state index in [-0.39, 0.29) is 6.10 Å². The van der Waals surface area contributed by atoms with Crippen LogP contribution in [-0.2, 0) is 9.53 Å². The van der Waals surface area contributed by atoms with Gasteiger partial charge in [-0.2, -0.15) is 13.2 Å². The molecule has 15 heavy (non-hydrogen) atoms. The van der Waals surface area contributed by atoms with Crippen molar-refractivity contribution in [3.8, 4) is 12.3 Å². The molecule has 1 fully saturated rings. The zero-order chi connectivity index (χ0) is 11.9. The predicted octanol–water partition coefficient (Wildman–Crippen LogP) is 0.241. The standard InChI is InChI=1S/C6H9NO.C2HF3O2/c1-2-6-5-7-3-4-8-6;3-2(4,5)1(6)7/h1,6-7H,3-5H2;(H,6,7). The Kier molecular flexibility index (Phi) is 5.74. The molecule has 0 amide bonds. The third-order valence-corrected chi connectivity index (χ3v) is 1.36. The van der Waals surface area contributed by atoms with Gasteiger partial charge in [-0.05, 0) is 0 Å². The summed E-state index contributed by atoms with van der Waals surface area (Å²) in [5.41, 5.74) is 0. The topological polar surface area (TPSA) is 58.6 Å². The zero-order valence-corrected chi connectivity index (χ0v) is 7.67. The Morgan fingerprint density at radius 1 is 1.60 bits per heavy atom. The molecule has 1 saturated heterocycles. The number of halogens is 3. The molecule has 0 aromatic carbocycles.